The van der Waals surface area contributed by atoms with E-state index in [0.29, 0.717) is 0 Å². The van der Waals surface area contributed by atoms with Gasteiger partial charge >= 0.3 is 0 Å². The monoisotopic (exact) mass is 273 g/mol. The van der Waals surface area contributed by atoms with E-state index in [9.17, 15) is 12.8 Å². The fourth-order valence-corrected chi connectivity index (χ4v) is 2.90. The molecule has 1 aromatic rings. The summed E-state index contributed by atoms with van der Waals surface area (Å²) in [7, 11) is -4.24. The first-order valence-corrected chi connectivity index (χ1v) is 7.47. The lowest BCUT2D eigenvalue weighted by Gasteiger charge is -2.15. The van der Waals surface area contributed by atoms with Gasteiger partial charge in [-0.2, -0.15) is 8.42 Å². The molecule has 2 rings (SSSR count). The van der Waals surface area contributed by atoms with Crippen molar-refractivity contribution in [3.05, 3.63) is 35.4 Å². The van der Waals surface area contributed by atoms with E-state index in [1.165, 1.54) is 5.56 Å². The molecule has 0 saturated carbocycles. The van der Waals surface area contributed by atoms with Crippen LogP contribution >= 0.6 is 0 Å². The summed E-state index contributed by atoms with van der Waals surface area (Å²) in [4.78, 5) is 0. The number of fused-ring (bicyclic) bond motifs is 1. The first kappa shape index (κ1) is 13.5. The summed E-state index contributed by atoms with van der Waals surface area (Å²) in [6.07, 6.45) is 0.244. The summed E-state index contributed by atoms with van der Waals surface area (Å²) in [5.74, 6) is -0.853. The number of benzene rings is 1. The Kier molecular flexibility index (Phi) is 3.99. The molecular weight excluding hydrogens is 257 g/mol. The molecule has 1 aromatic carbocycles. The number of hydrogen-bond donors (Lipinski definition) is 2. The van der Waals surface area contributed by atoms with E-state index in [2.05, 4.69) is 5.32 Å². The zero-order valence-electron chi connectivity index (χ0n) is 9.84. The minimum absolute atomic E-state index is 0.0702. The van der Waals surface area contributed by atoms with Gasteiger partial charge in [-0.05, 0) is 24.0 Å². The van der Waals surface area contributed by atoms with E-state index >= 15 is 0 Å². The second kappa shape index (κ2) is 5.34. The molecule has 18 heavy (non-hydrogen) atoms. The molecule has 100 valence electrons. The lowest BCUT2D eigenvalue weighted by Crippen LogP contribution is -2.31. The third-order valence-corrected chi connectivity index (χ3v) is 3.89. The van der Waals surface area contributed by atoms with E-state index in [-0.39, 0.29) is 12.6 Å². The molecule has 2 N–H and O–H groups in total. The van der Waals surface area contributed by atoms with Crippen LogP contribution in [-0.2, 0) is 16.5 Å². The van der Waals surface area contributed by atoms with Gasteiger partial charge in [-0.25, -0.2) is 4.39 Å². The van der Waals surface area contributed by atoms with Crippen LogP contribution in [0.4, 0.5) is 4.39 Å². The predicted octanol–water partition coefficient (Wildman–Crippen LogP) is 1.49. The molecular formula is C12H16FNO3S. The molecule has 0 bridgehead atoms. The average Bonchev–Trinajstić information content (AvgIpc) is 2.67. The van der Waals surface area contributed by atoms with Crippen molar-refractivity contribution in [2.45, 2.75) is 25.1 Å². The normalized spacial score (nSPS) is 20.7. The standard InChI is InChI=1S/C12H16FNO3S/c13-10(8-18(15,16)17)7-14-12-6-5-9-3-1-2-4-11(9)12/h1-4,10,12,14H,5-8H2,(H,15,16,17)/t10-,12-/m1/s1. The molecule has 0 heterocycles. The third kappa shape index (κ3) is 3.51. The maximum absolute atomic E-state index is 13.3. The Labute approximate surface area is 106 Å². The Bertz CT molecular complexity index is 518. The largest absolute Gasteiger partial charge is 0.307 e. The quantitative estimate of drug-likeness (QED) is 0.798. The molecule has 0 aromatic heterocycles. The average molecular weight is 273 g/mol. The highest BCUT2D eigenvalue weighted by Crippen LogP contribution is 2.30. The Morgan fingerprint density at radius 1 is 1.44 bits per heavy atom. The fourth-order valence-electron chi connectivity index (χ4n) is 2.33. The molecule has 0 amide bonds. The lowest BCUT2D eigenvalue weighted by molar-refractivity contribution is 0.323. The molecule has 0 unspecified atom stereocenters. The van der Waals surface area contributed by atoms with Crippen molar-refractivity contribution in [2.75, 3.05) is 12.3 Å². The van der Waals surface area contributed by atoms with Gasteiger partial charge in [0.25, 0.3) is 10.1 Å². The van der Waals surface area contributed by atoms with Crippen molar-refractivity contribution in [3.63, 3.8) is 0 Å². The number of aryl methyl sites for hydroxylation is 1. The smallest absolute Gasteiger partial charge is 0.267 e. The van der Waals surface area contributed by atoms with Gasteiger partial charge in [-0.15, -0.1) is 0 Å². The summed E-state index contributed by atoms with van der Waals surface area (Å²) >= 11 is 0. The fraction of sp³-hybridized carbons (Fsp3) is 0.500. The maximum Gasteiger partial charge on any atom is 0.267 e. The van der Waals surface area contributed by atoms with E-state index in [1.807, 2.05) is 24.3 Å². The number of rotatable bonds is 5. The molecule has 0 fully saturated rings. The SMILES string of the molecule is O=S(=O)(O)C[C@H](F)CN[C@@H]1CCc2ccccc21. The van der Waals surface area contributed by atoms with Gasteiger partial charge in [0.15, 0.2) is 0 Å². The number of nitrogens with one attached hydrogen (secondary N) is 1. The Morgan fingerprint density at radius 3 is 2.89 bits per heavy atom. The van der Waals surface area contributed by atoms with Crippen LogP contribution in [0.5, 0.6) is 0 Å². The van der Waals surface area contributed by atoms with Crippen molar-refractivity contribution in [1.82, 2.24) is 5.32 Å². The highest BCUT2D eigenvalue weighted by Gasteiger charge is 2.23. The second-order valence-corrected chi connectivity index (χ2v) is 6.04. The lowest BCUT2D eigenvalue weighted by atomic mass is 10.1. The zero-order chi connectivity index (χ0) is 13.2. The van der Waals surface area contributed by atoms with Gasteiger partial charge < -0.3 is 5.32 Å². The highest BCUT2D eigenvalue weighted by molar-refractivity contribution is 7.85. The van der Waals surface area contributed by atoms with Crippen LogP contribution in [0.25, 0.3) is 0 Å². The van der Waals surface area contributed by atoms with Gasteiger partial charge in [-0.1, -0.05) is 24.3 Å². The maximum atomic E-state index is 13.3. The van der Waals surface area contributed by atoms with Crippen molar-refractivity contribution < 1.29 is 17.4 Å². The Morgan fingerprint density at radius 2 is 2.17 bits per heavy atom. The molecule has 0 radical (unpaired) electrons. The first-order chi connectivity index (χ1) is 8.46. The van der Waals surface area contributed by atoms with E-state index < -0.39 is 22.0 Å². The second-order valence-electron chi connectivity index (χ2n) is 4.54. The number of hydrogen-bond acceptors (Lipinski definition) is 3. The predicted molar refractivity (Wildman–Crippen MR) is 66.8 cm³/mol. The molecule has 1 aliphatic carbocycles. The molecule has 4 nitrogen and oxygen atoms in total. The van der Waals surface area contributed by atoms with Crippen LogP contribution in [0.15, 0.2) is 24.3 Å². The van der Waals surface area contributed by atoms with E-state index in [1.54, 1.807) is 0 Å². The molecule has 2 atom stereocenters. The van der Waals surface area contributed by atoms with Gasteiger partial charge in [0, 0.05) is 12.6 Å². The highest BCUT2D eigenvalue weighted by atomic mass is 32.2. The summed E-state index contributed by atoms with van der Waals surface area (Å²) < 4.78 is 42.9. The minimum Gasteiger partial charge on any atom is -0.307 e. The van der Waals surface area contributed by atoms with E-state index in [0.717, 1.165) is 18.4 Å². The van der Waals surface area contributed by atoms with Crippen LogP contribution in [0.3, 0.4) is 0 Å². The van der Waals surface area contributed by atoms with Crippen molar-refractivity contribution in [1.29, 1.82) is 0 Å². The van der Waals surface area contributed by atoms with Gasteiger partial charge in [-0.3, -0.25) is 4.55 Å². The number of alkyl halides is 1. The van der Waals surface area contributed by atoms with Gasteiger partial charge in [0.1, 0.15) is 11.9 Å². The molecule has 0 aliphatic heterocycles. The summed E-state index contributed by atoms with van der Waals surface area (Å²) in [6.45, 7) is -0.0706. The third-order valence-electron chi connectivity index (χ3n) is 3.11. The van der Waals surface area contributed by atoms with Crippen LogP contribution in [0.1, 0.15) is 23.6 Å². The first-order valence-electron chi connectivity index (χ1n) is 5.86. The molecule has 1 aliphatic rings. The van der Waals surface area contributed by atoms with Gasteiger partial charge in [0.2, 0.25) is 0 Å². The number of halogens is 1. The molecule has 6 heteroatoms. The van der Waals surface area contributed by atoms with Gasteiger partial charge in [0.05, 0.1) is 0 Å². The van der Waals surface area contributed by atoms with Crippen LogP contribution < -0.4 is 5.32 Å². The topological polar surface area (TPSA) is 66.4 Å². The van der Waals surface area contributed by atoms with Crippen LogP contribution in [0.2, 0.25) is 0 Å². The van der Waals surface area contributed by atoms with Crippen LogP contribution in [0, 0.1) is 0 Å². The minimum atomic E-state index is -4.24. The molecule has 0 saturated heterocycles. The van der Waals surface area contributed by atoms with Crippen molar-refractivity contribution in [3.8, 4) is 0 Å². The summed E-state index contributed by atoms with van der Waals surface area (Å²) in [5.41, 5.74) is 2.40. The summed E-state index contributed by atoms with van der Waals surface area (Å²) in [6, 6.07) is 8.01. The van der Waals surface area contributed by atoms with Crippen molar-refractivity contribution in [2.24, 2.45) is 0 Å². The van der Waals surface area contributed by atoms with E-state index in [4.69, 9.17) is 4.55 Å². The Balaban J connectivity index is 1.89. The zero-order valence-corrected chi connectivity index (χ0v) is 10.7. The van der Waals surface area contributed by atoms with Crippen molar-refractivity contribution >= 4 is 10.1 Å². The van der Waals surface area contributed by atoms with Crippen LogP contribution in [-0.4, -0.2) is 31.4 Å². The molecule has 0 spiro atoms. The Hall–Kier alpha value is -0.980. The summed E-state index contributed by atoms with van der Waals surface area (Å²) in [5, 5.41) is 3.01.